The molecule has 2 aromatic carbocycles. The molecule has 0 aliphatic rings. The molecule has 0 spiro atoms. The maximum atomic E-state index is 12.9. The van der Waals surface area contributed by atoms with Crippen LogP contribution in [0.2, 0.25) is 5.02 Å². The molecule has 0 aliphatic heterocycles. The molecule has 1 N–H and O–H groups in total. The Bertz CT molecular complexity index is 623. The second kappa shape index (κ2) is 6.06. The normalized spacial score (nSPS) is 10.7. The highest BCUT2D eigenvalue weighted by Crippen LogP contribution is 2.23. The minimum Gasteiger partial charge on any atom is -0.321 e. The standard InChI is InChI=1S/C16H15ClFNO/c1-10(2)11-3-5-12(6-4-11)16(20)19-15-8-7-13(18)9-14(15)17/h3-10H,1-2H3,(H,19,20). The molecule has 0 radical (unpaired) electrons. The van der Waals surface area contributed by atoms with E-state index in [2.05, 4.69) is 19.2 Å². The number of amides is 1. The highest BCUT2D eigenvalue weighted by molar-refractivity contribution is 6.33. The summed E-state index contributed by atoms with van der Waals surface area (Å²) in [5.74, 6) is -0.290. The summed E-state index contributed by atoms with van der Waals surface area (Å²) in [5.41, 5.74) is 2.10. The summed E-state index contributed by atoms with van der Waals surface area (Å²) in [7, 11) is 0. The fraction of sp³-hybridized carbons (Fsp3) is 0.188. The van der Waals surface area contributed by atoms with Crippen LogP contribution in [0.3, 0.4) is 0 Å². The molecule has 0 saturated carbocycles. The molecular formula is C16H15ClFNO. The first-order valence-corrected chi connectivity index (χ1v) is 6.71. The van der Waals surface area contributed by atoms with Gasteiger partial charge in [0.25, 0.3) is 5.91 Å². The van der Waals surface area contributed by atoms with E-state index in [-0.39, 0.29) is 10.9 Å². The largest absolute Gasteiger partial charge is 0.321 e. The summed E-state index contributed by atoms with van der Waals surface area (Å²) in [6.07, 6.45) is 0. The Balaban J connectivity index is 2.15. The van der Waals surface area contributed by atoms with Gasteiger partial charge in [-0.25, -0.2) is 4.39 Å². The summed E-state index contributed by atoms with van der Waals surface area (Å²) in [5, 5.41) is 2.84. The van der Waals surface area contributed by atoms with Crippen LogP contribution in [0.4, 0.5) is 10.1 Å². The van der Waals surface area contributed by atoms with Gasteiger partial charge in [-0.15, -0.1) is 0 Å². The lowest BCUT2D eigenvalue weighted by atomic mass is 10.0. The first-order chi connectivity index (χ1) is 9.47. The third-order valence-electron chi connectivity index (χ3n) is 3.02. The quantitative estimate of drug-likeness (QED) is 0.860. The van der Waals surface area contributed by atoms with E-state index < -0.39 is 5.82 Å². The van der Waals surface area contributed by atoms with Gasteiger partial charge in [-0.05, 0) is 41.8 Å². The molecule has 0 aromatic heterocycles. The number of anilines is 1. The number of rotatable bonds is 3. The van der Waals surface area contributed by atoms with E-state index in [1.54, 1.807) is 12.1 Å². The SMILES string of the molecule is CC(C)c1ccc(C(=O)Nc2ccc(F)cc2Cl)cc1. The smallest absolute Gasteiger partial charge is 0.255 e. The van der Waals surface area contributed by atoms with Crippen LogP contribution in [0.5, 0.6) is 0 Å². The van der Waals surface area contributed by atoms with Gasteiger partial charge in [0.15, 0.2) is 0 Å². The van der Waals surface area contributed by atoms with E-state index in [9.17, 15) is 9.18 Å². The van der Waals surface area contributed by atoms with Gasteiger partial charge in [0.05, 0.1) is 10.7 Å². The number of nitrogens with one attached hydrogen (secondary N) is 1. The van der Waals surface area contributed by atoms with E-state index >= 15 is 0 Å². The van der Waals surface area contributed by atoms with Crippen LogP contribution >= 0.6 is 11.6 Å². The van der Waals surface area contributed by atoms with Crippen molar-refractivity contribution < 1.29 is 9.18 Å². The number of hydrogen-bond donors (Lipinski definition) is 1. The molecule has 20 heavy (non-hydrogen) atoms. The molecule has 0 aliphatic carbocycles. The van der Waals surface area contributed by atoms with Crippen molar-refractivity contribution in [2.24, 2.45) is 0 Å². The Morgan fingerprint density at radius 3 is 2.35 bits per heavy atom. The van der Waals surface area contributed by atoms with Crippen molar-refractivity contribution in [2.45, 2.75) is 19.8 Å². The molecule has 0 heterocycles. The predicted molar refractivity (Wildman–Crippen MR) is 79.9 cm³/mol. The molecule has 0 atom stereocenters. The molecule has 0 saturated heterocycles. The highest BCUT2D eigenvalue weighted by atomic mass is 35.5. The Morgan fingerprint density at radius 2 is 1.80 bits per heavy atom. The average molecular weight is 292 g/mol. The van der Waals surface area contributed by atoms with Crippen LogP contribution < -0.4 is 5.32 Å². The van der Waals surface area contributed by atoms with Crippen LogP contribution in [0, 0.1) is 5.82 Å². The van der Waals surface area contributed by atoms with Gasteiger partial charge >= 0.3 is 0 Å². The Morgan fingerprint density at radius 1 is 1.15 bits per heavy atom. The highest BCUT2D eigenvalue weighted by Gasteiger charge is 2.09. The van der Waals surface area contributed by atoms with Crippen molar-refractivity contribution in [1.29, 1.82) is 0 Å². The zero-order valence-corrected chi connectivity index (χ0v) is 12.0. The Labute approximate surface area is 122 Å². The van der Waals surface area contributed by atoms with Gasteiger partial charge < -0.3 is 5.32 Å². The van der Waals surface area contributed by atoms with Crippen LogP contribution in [0.25, 0.3) is 0 Å². The van der Waals surface area contributed by atoms with Gasteiger partial charge in [-0.2, -0.15) is 0 Å². The van der Waals surface area contributed by atoms with Crippen molar-refractivity contribution in [3.05, 3.63) is 64.4 Å². The summed E-state index contributed by atoms with van der Waals surface area (Å²) in [6.45, 7) is 4.18. The zero-order valence-electron chi connectivity index (χ0n) is 11.3. The third kappa shape index (κ3) is 3.36. The van der Waals surface area contributed by atoms with Crippen LogP contribution in [-0.4, -0.2) is 5.91 Å². The monoisotopic (exact) mass is 291 g/mol. The summed E-state index contributed by atoms with van der Waals surface area (Å²) in [4.78, 5) is 12.1. The molecule has 2 aromatic rings. The molecule has 2 nitrogen and oxygen atoms in total. The summed E-state index contributed by atoms with van der Waals surface area (Å²) >= 11 is 5.87. The van der Waals surface area contributed by atoms with Crippen LogP contribution in [-0.2, 0) is 0 Å². The van der Waals surface area contributed by atoms with E-state index in [0.717, 1.165) is 0 Å². The molecule has 104 valence electrons. The molecule has 0 unspecified atom stereocenters. The minimum atomic E-state index is -0.436. The Kier molecular flexibility index (Phi) is 4.40. The first-order valence-electron chi connectivity index (χ1n) is 6.33. The van der Waals surface area contributed by atoms with Crippen molar-refractivity contribution >= 4 is 23.2 Å². The van der Waals surface area contributed by atoms with Gasteiger partial charge in [-0.1, -0.05) is 37.6 Å². The van der Waals surface area contributed by atoms with Gasteiger partial charge in [-0.3, -0.25) is 4.79 Å². The summed E-state index contributed by atoms with van der Waals surface area (Å²) < 4.78 is 12.9. The number of halogens is 2. The topological polar surface area (TPSA) is 29.1 Å². The molecule has 0 bridgehead atoms. The maximum Gasteiger partial charge on any atom is 0.255 e. The van der Waals surface area contributed by atoms with E-state index in [1.807, 2.05) is 12.1 Å². The predicted octanol–water partition coefficient (Wildman–Crippen LogP) is 4.85. The van der Waals surface area contributed by atoms with Crippen LogP contribution in [0.15, 0.2) is 42.5 Å². The number of carbonyl (C=O) groups excluding carboxylic acids is 1. The fourth-order valence-corrected chi connectivity index (χ4v) is 2.02. The fourth-order valence-electron chi connectivity index (χ4n) is 1.80. The lowest BCUT2D eigenvalue weighted by Gasteiger charge is -2.09. The van der Waals surface area contributed by atoms with E-state index in [0.29, 0.717) is 17.2 Å². The maximum absolute atomic E-state index is 12.9. The second-order valence-corrected chi connectivity index (χ2v) is 5.26. The first kappa shape index (κ1) is 14.5. The van der Waals surface area contributed by atoms with Crippen molar-refractivity contribution in [2.75, 3.05) is 5.32 Å². The van der Waals surface area contributed by atoms with Gasteiger partial charge in [0, 0.05) is 5.56 Å². The number of benzene rings is 2. The lowest BCUT2D eigenvalue weighted by molar-refractivity contribution is 0.102. The van der Waals surface area contributed by atoms with Crippen LogP contribution in [0.1, 0.15) is 35.7 Å². The van der Waals surface area contributed by atoms with Gasteiger partial charge in [0.1, 0.15) is 5.82 Å². The van der Waals surface area contributed by atoms with Crippen molar-refractivity contribution in [3.63, 3.8) is 0 Å². The minimum absolute atomic E-state index is 0.178. The van der Waals surface area contributed by atoms with Crippen molar-refractivity contribution in [3.8, 4) is 0 Å². The number of hydrogen-bond acceptors (Lipinski definition) is 1. The summed E-state index contributed by atoms with van der Waals surface area (Å²) in [6, 6.07) is 11.2. The second-order valence-electron chi connectivity index (χ2n) is 4.86. The van der Waals surface area contributed by atoms with Crippen molar-refractivity contribution in [1.82, 2.24) is 0 Å². The van der Waals surface area contributed by atoms with E-state index in [4.69, 9.17) is 11.6 Å². The number of carbonyl (C=O) groups is 1. The molecule has 2 rings (SSSR count). The third-order valence-corrected chi connectivity index (χ3v) is 3.33. The average Bonchev–Trinajstić information content (AvgIpc) is 2.42. The van der Waals surface area contributed by atoms with Gasteiger partial charge in [0.2, 0.25) is 0 Å². The lowest BCUT2D eigenvalue weighted by Crippen LogP contribution is -2.12. The molecule has 1 amide bonds. The molecule has 4 heteroatoms. The molecular weight excluding hydrogens is 277 g/mol. The molecule has 0 fully saturated rings. The Hall–Kier alpha value is -1.87. The zero-order chi connectivity index (χ0) is 14.7. The van der Waals surface area contributed by atoms with E-state index in [1.165, 1.54) is 23.8 Å².